The van der Waals surface area contributed by atoms with Crippen LogP contribution in [0.2, 0.25) is 0 Å². The molecule has 2 aromatic rings. The van der Waals surface area contributed by atoms with Crippen LogP contribution in [0.5, 0.6) is 0 Å². The van der Waals surface area contributed by atoms with Gasteiger partial charge in [0.05, 0.1) is 12.1 Å². The Morgan fingerprint density at radius 1 is 1.48 bits per heavy atom. The van der Waals surface area contributed by atoms with Crippen molar-refractivity contribution in [2.75, 3.05) is 6.54 Å². The maximum absolute atomic E-state index is 14.6. The quantitative estimate of drug-likeness (QED) is 0.854. The molecule has 1 N–H and O–H groups in total. The van der Waals surface area contributed by atoms with Crippen molar-refractivity contribution < 1.29 is 18.7 Å². The summed E-state index contributed by atoms with van der Waals surface area (Å²) in [7, 11) is 0. The van der Waals surface area contributed by atoms with Gasteiger partial charge in [-0.15, -0.1) is 5.10 Å². The molecule has 1 aliphatic carbocycles. The largest absolute Gasteiger partial charge is 0.444 e. The first-order chi connectivity index (χ1) is 11.8. The number of hydrogen-bond acceptors (Lipinski definition) is 5. The van der Waals surface area contributed by atoms with Crippen LogP contribution in [0.1, 0.15) is 31.9 Å². The van der Waals surface area contributed by atoms with Crippen LogP contribution in [0.15, 0.2) is 6.07 Å². The second-order valence-electron chi connectivity index (χ2n) is 7.24. The molecule has 0 bridgehead atoms. The third-order valence-electron chi connectivity index (χ3n) is 4.08. The second kappa shape index (κ2) is 6.42. The number of ether oxygens (including phenoxy) is 1. The first-order valence-corrected chi connectivity index (χ1v) is 8.24. The predicted molar refractivity (Wildman–Crippen MR) is 88.7 cm³/mol. The van der Waals surface area contributed by atoms with Crippen molar-refractivity contribution in [3.63, 3.8) is 0 Å². The Bertz CT molecular complexity index is 825. The Morgan fingerprint density at radius 3 is 2.92 bits per heavy atom. The van der Waals surface area contributed by atoms with E-state index in [2.05, 4.69) is 15.6 Å². The van der Waals surface area contributed by atoms with Gasteiger partial charge in [0, 0.05) is 12.5 Å². The average Bonchev–Trinajstić information content (AvgIpc) is 3.10. The number of carbonyl (C=O) groups excluding carboxylic acids is 2. The molecule has 0 saturated carbocycles. The monoisotopic (exact) mass is 348 g/mol. The van der Waals surface area contributed by atoms with Crippen molar-refractivity contribution in [1.82, 2.24) is 20.3 Å². The Labute approximate surface area is 144 Å². The van der Waals surface area contributed by atoms with Crippen molar-refractivity contribution in [2.24, 2.45) is 5.92 Å². The van der Waals surface area contributed by atoms with Crippen molar-refractivity contribution in [3.8, 4) is 0 Å². The molecule has 1 unspecified atom stereocenters. The van der Waals surface area contributed by atoms with Gasteiger partial charge in [0.2, 0.25) is 0 Å². The summed E-state index contributed by atoms with van der Waals surface area (Å²) in [5, 5.41) is 10.5. The van der Waals surface area contributed by atoms with Gasteiger partial charge in [-0.1, -0.05) is 5.21 Å². The zero-order valence-corrected chi connectivity index (χ0v) is 14.5. The Morgan fingerprint density at radius 2 is 2.24 bits per heavy atom. The highest BCUT2D eigenvalue weighted by Gasteiger charge is 2.27. The van der Waals surface area contributed by atoms with E-state index in [0.717, 1.165) is 11.8 Å². The number of rotatable bonds is 4. The Hall–Kier alpha value is -2.51. The third-order valence-corrected chi connectivity index (χ3v) is 4.08. The lowest BCUT2D eigenvalue weighted by Gasteiger charge is -2.19. The number of hydrogen-bond donors (Lipinski definition) is 1. The highest BCUT2D eigenvalue weighted by molar-refractivity contribution is 5.78. The van der Waals surface area contributed by atoms with E-state index in [1.807, 2.05) is 6.07 Å². The van der Waals surface area contributed by atoms with Crippen molar-refractivity contribution in [2.45, 2.75) is 45.8 Å². The lowest BCUT2D eigenvalue weighted by atomic mass is 10.1. The fourth-order valence-corrected chi connectivity index (χ4v) is 3.01. The van der Waals surface area contributed by atoms with Crippen LogP contribution in [-0.4, -0.2) is 39.5 Å². The molecule has 25 heavy (non-hydrogen) atoms. The maximum Gasteiger partial charge on any atom is 0.407 e. The van der Waals surface area contributed by atoms with E-state index in [-0.39, 0.29) is 18.0 Å². The predicted octanol–water partition coefficient (Wildman–Crippen LogP) is 2.01. The van der Waals surface area contributed by atoms with Crippen molar-refractivity contribution in [1.29, 1.82) is 0 Å². The van der Waals surface area contributed by atoms with Crippen LogP contribution in [-0.2, 0) is 28.9 Å². The van der Waals surface area contributed by atoms with Gasteiger partial charge in [-0.25, -0.2) is 13.9 Å². The number of carbonyl (C=O) groups is 2. The molecule has 7 nitrogen and oxygen atoms in total. The van der Waals surface area contributed by atoms with Crippen LogP contribution < -0.4 is 5.32 Å². The highest BCUT2D eigenvalue weighted by Crippen LogP contribution is 2.32. The normalized spacial score (nSPS) is 16.7. The fourth-order valence-electron chi connectivity index (χ4n) is 3.01. The maximum atomic E-state index is 14.6. The second-order valence-corrected chi connectivity index (χ2v) is 7.24. The van der Waals surface area contributed by atoms with Crippen LogP contribution in [0.3, 0.4) is 0 Å². The molecule has 0 saturated heterocycles. The van der Waals surface area contributed by atoms with E-state index in [1.54, 1.807) is 25.5 Å². The zero-order chi connectivity index (χ0) is 18.2. The number of benzene rings is 1. The molecule has 1 aliphatic rings. The molecule has 134 valence electrons. The number of aldehydes is 1. The molecule has 0 aliphatic heterocycles. The lowest BCUT2D eigenvalue weighted by molar-refractivity contribution is -0.110. The molecule has 1 amide bonds. The standard InChI is InChI=1S/C17H21FN4O3/c1-17(2,3)25-16(24)19-4-5-22-13-8-11-6-10(9-23)7-12(11)14(18)15(13)20-21-22/h8-10H,4-7H2,1-3H3,(H,19,24). The highest BCUT2D eigenvalue weighted by atomic mass is 19.1. The van der Waals surface area contributed by atoms with Gasteiger partial charge in [-0.05, 0) is 50.8 Å². The van der Waals surface area contributed by atoms with Crippen LogP contribution in [0.25, 0.3) is 11.0 Å². The summed E-state index contributed by atoms with van der Waals surface area (Å²) in [4.78, 5) is 22.6. The van der Waals surface area contributed by atoms with Gasteiger partial charge in [0.1, 0.15) is 17.4 Å². The molecular formula is C17H21FN4O3. The fraction of sp³-hybridized carbons (Fsp3) is 0.529. The van der Waals surface area contributed by atoms with E-state index in [9.17, 15) is 14.0 Å². The van der Waals surface area contributed by atoms with E-state index in [1.165, 1.54) is 0 Å². The first kappa shape index (κ1) is 17.3. The zero-order valence-electron chi connectivity index (χ0n) is 14.5. The minimum Gasteiger partial charge on any atom is -0.444 e. The van der Waals surface area contributed by atoms with Gasteiger partial charge in [0.25, 0.3) is 0 Å². The molecule has 8 heteroatoms. The van der Waals surface area contributed by atoms with E-state index in [0.29, 0.717) is 30.5 Å². The number of fused-ring (bicyclic) bond motifs is 2. The van der Waals surface area contributed by atoms with Crippen LogP contribution >= 0.6 is 0 Å². The Balaban J connectivity index is 1.73. The van der Waals surface area contributed by atoms with E-state index < -0.39 is 17.5 Å². The van der Waals surface area contributed by atoms with Gasteiger partial charge in [-0.2, -0.15) is 0 Å². The molecule has 3 rings (SSSR count). The molecule has 1 heterocycles. The summed E-state index contributed by atoms with van der Waals surface area (Å²) >= 11 is 0. The van der Waals surface area contributed by atoms with Gasteiger partial charge in [-0.3, -0.25) is 0 Å². The summed E-state index contributed by atoms with van der Waals surface area (Å²) in [5.41, 5.74) is 1.58. The lowest BCUT2D eigenvalue weighted by Crippen LogP contribution is -2.34. The summed E-state index contributed by atoms with van der Waals surface area (Å²) in [6.45, 7) is 5.97. The molecule has 1 aromatic carbocycles. The summed E-state index contributed by atoms with van der Waals surface area (Å²) < 4.78 is 21.3. The van der Waals surface area contributed by atoms with Crippen molar-refractivity contribution in [3.05, 3.63) is 23.0 Å². The average molecular weight is 348 g/mol. The molecular weight excluding hydrogens is 327 g/mol. The van der Waals surface area contributed by atoms with E-state index >= 15 is 0 Å². The molecule has 1 aromatic heterocycles. The molecule has 0 spiro atoms. The topological polar surface area (TPSA) is 86.1 Å². The van der Waals surface area contributed by atoms with Gasteiger partial charge < -0.3 is 14.8 Å². The van der Waals surface area contributed by atoms with Crippen LogP contribution in [0, 0.1) is 11.7 Å². The number of nitrogens with zero attached hydrogens (tertiary/aromatic N) is 3. The number of halogens is 1. The number of amides is 1. The summed E-state index contributed by atoms with van der Waals surface area (Å²) in [5.74, 6) is -0.575. The van der Waals surface area contributed by atoms with Gasteiger partial charge in [0.15, 0.2) is 5.82 Å². The Kier molecular flexibility index (Phi) is 4.45. The SMILES string of the molecule is CC(C)(C)OC(=O)NCCn1nnc2c(F)c3c(cc21)CC(C=O)C3. The number of alkyl carbamates (subject to hydrolysis) is 1. The molecule has 1 atom stereocenters. The van der Waals surface area contributed by atoms with Crippen molar-refractivity contribution >= 4 is 23.4 Å². The third kappa shape index (κ3) is 3.62. The molecule has 0 fully saturated rings. The van der Waals surface area contributed by atoms with Crippen LogP contribution in [0.4, 0.5) is 9.18 Å². The first-order valence-electron chi connectivity index (χ1n) is 8.24. The molecule has 0 radical (unpaired) electrons. The minimum absolute atomic E-state index is 0.175. The smallest absolute Gasteiger partial charge is 0.407 e. The number of nitrogens with one attached hydrogen (secondary N) is 1. The summed E-state index contributed by atoms with van der Waals surface area (Å²) in [6.07, 6.45) is 1.30. The number of aromatic nitrogens is 3. The van der Waals surface area contributed by atoms with Gasteiger partial charge >= 0.3 is 6.09 Å². The minimum atomic E-state index is -0.567. The van der Waals surface area contributed by atoms with E-state index in [4.69, 9.17) is 4.74 Å². The summed E-state index contributed by atoms with van der Waals surface area (Å²) in [6, 6.07) is 1.84.